The Labute approximate surface area is 77.5 Å². The molecule has 2 nitrogen and oxygen atoms in total. The summed E-state index contributed by atoms with van der Waals surface area (Å²) in [6.07, 6.45) is 3.63. The number of carboxylic acid groups (broad SMARTS) is 1. The number of rotatable bonds is 3. The third-order valence-corrected chi connectivity index (χ3v) is 1.70. The van der Waals surface area contributed by atoms with E-state index < -0.39 is 5.97 Å². The smallest absolute Gasteiger partial charge is 0.328 e. The first kappa shape index (κ1) is 9.52. The van der Waals surface area contributed by atoms with Gasteiger partial charge in [-0.15, -0.1) is 0 Å². The zero-order chi connectivity index (χ0) is 9.68. The summed E-state index contributed by atoms with van der Waals surface area (Å²) >= 11 is 0. The highest BCUT2D eigenvalue weighted by Crippen LogP contribution is 2.06. The molecular weight excluding hydrogens is 164 g/mol. The third kappa shape index (κ3) is 3.11. The normalized spacial score (nSPS) is 10.5. The largest absolute Gasteiger partial charge is 0.478 e. The summed E-state index contributed by atoms with van der Waals surface area (Å²) in [6.45, 7) is 2.05. The van der Waals surface area contributed by atoms with Gasteiger partial charge in [0.15, 0.2) is 0 Å². The van der Waals surface area contributed by atoms with Crippen molar-refractivity contribution in [1.29, 1.82) is 0 Å². The number of carbonyl (C=O) groups is 1. The summed E-state index contributed by atoms with van der Waals surface area (Å²) in [7, 11) is 0. The minimum absolute atomic E-state index is 0.877. The Morgan fingerprint density at radius 2 is 2.38 bits per heavy atom. The molecule has 0 unspecified atom stereocenters. The monoisotopic (exact) mass is 175 g/mol. The molecule has 0 spiro atoms. The van der Waals surface area contributed by atoms with Crippen LogP contribution in [0.3, 0.4) is 0 Å². The highest BCUT2D eigenvalue weighted by molar-refractivity contribution is 5.85. The summed E-state index contributed by atoms with van der Waals surface area (Å²) in [5.74, 6) is -0.929. The second-order valence-electron chi connectivity index (χ2n) is 2.70. The van der Waals surface area contributed by atoms with Crippen LogP contribution in [0, 0.1) is 6.07 Å². The van der Waals surface area contributed by atoms with Gasteiger partial charge in [-0.1, -0.05) is 19.1 Å². The molecule has 0 saturated heterocycles. The van der Waals surface area contributed by atoms with Gasteiger partial charge in [-0.05, 0) is 35.8 Å². The SMILES string of the molecule is CCc1c[c]cc(/C=C/C(=O)O)c1. The van der Waals surface area contributed by atoms with Crippen molar-refractivity contribution >= 4 is 12.0 Å². The second-order valence-corrected chi connectivity index (χ2v) is 2.70. The molecule has 1 aromatic rings. The molecule has 1 aromatic carbocycles. The second kappa shape index (κ2) is 4.45. The summed E-state index contributed by atoms with van der Waals surface area (Å²) in [5, 5.41) is 8.40. The van der Waals surface area contributed by atoms with Gasteiger partial charge in [0.25, 0.3) is 0 Å². The number of hydrogen-bond donors (Lipinski definition) is 1. The van der Waals surface area contributed by atoms with Gasteiger partial charge in [-0.2, -0.15) is 0 Å². The summed E-state index contributed by atoms with van der Waals surface area (Å²) < 4.78 is 0. The number of aryl methyl sites for hydroxylation is 1. The van der Waals surface area contributed by atoms with Gasteiger partial charge in [0.1, 0.15) is 0 Å². The zero-order valence-corrected chi connectivity index (χ0v) is 7.45. The topological polar surface area (TPSA) is 37.3 Å². The van der Waals surface area contributed by atoms with E-state index in [0.717, 1.165) is 23.6 Å². The maximum Gasteiger partial charge on any atom is 0.328 e. The Hall–Kier alpha value is -1.57. The van der Waals surface area contributed by atoms with Crippen molar-refractivity contribution in [3.05, 3.63) is 41.5 Å². The summed E-state index contributed by atoms with van der Waals surface area (Å²) in [6, 6.07) is 8.58. The Morgan fingerprint density at radius 1 is 1.62 bits per heavy atom. The van der Waals surface area contributed by atoms with Gasteiger partial charge < -0.3 is 5.11 Å². The van der Waals surface area contributed by atoms with Crippen LogP contribution < -0.4 is 0 Å². The molecular formula is C11H11O2. The molecule has 67 valence electrons. The predicted octanol–water partition coefficient (Wildman–Crippen LogP) is 2.15. The van der Waals surface area contributed by atoms with Crippen LogP contribution in [-0.4, -0.2) is 11.1 Å². The highest BCUT2D eigenvalue weighted by Gasteiger charge is 1.91. The van der Waals surface area contributed by atoms with Crippen molar-refractivity contribution in [2.75, 3.05) is 0 Å². The van der Waals surface area contributed by atoms with Gasteiger partial charge >= 0.3 is 5.97 Å². The maximum absolute atomic E-state index is 10.2. The van der Waals surface area contributed by atoms with Crippen LogP contribution in [-0.2, 0) is 11.2 Å². The van der Waals surface area contributed by atoms with Crippen LogP contribution in [0.25, 0.3) is 6.08 Å². The van der Waals surface area contributed by atoms with E-state index in [0.29, 0.717) is 0 Å². The van der Waals surface area contributed by atoms with E-state index in [-0.39, 0.29) is 0 Å². The molecule has 13 heavy (non-hydrogen) atoms. The lowest BCUT2D eigenvalue weighted by Gasteiger charge is -1.96. The van der Waals surface area contributed by atoms with Crippen molar-refractivity contribution in [2.45, 2.75) is 13.3 Å². The average Bonchev–Trinajstić information content (AvgIpc) is 2.15. The summed E-state index contributed by atoms with van der Waals surface area (Å²) in [4.78, 5) is 10.2. The van der Waals surface area contributed by atoms with Crippen LogP contribution in [0.5, 0.6) is 0 Å². The highest BCUT2D eigenvalue weighted by atomic mass is 16.4. The van der Waals surface area contributed by atoms with Gasteiger partial charge in [-0.3, -0.25) is 0 Å². The van der Waals surface area contributed by atoms with E-state index in [1.165, 1.54) is 0 Å². The van der Waals surface area contributed by atoms with Crippen molar-refractivity contribution in [1.82, 2.24) is 0 Å². The van der Waals surface area contributed by atoms with Gasteiger partial charge in [-0.25, -0.2) is 4.79 Å². The van der Waals surface area contributed by atoms with Crippen LogP contribution in [0.1, 0.15) is 18.1 Å². The molecule has 0 aliphatic heterocycles. The fourth-order valence-electron chi connectivity index (χ4n) is 1.01. The van der Waals surface area contributed by atoms with Gasteiger partial charge in [0.05, 0.1) is 0 Å². The third-order valence-electron chi connectivity index (χ3n) is 1.70. The van der Waals surface area contributed by atoms with E-state index in [2.05, 4.69) is 6.07 Å². The lowest BCUT2D eigenvalue weighted by molar-refractivity contribution is -0.131. The Morgan fingerprint density at radius 3 is 3.00 bits per heavy atom. The fourth-order valence-corrected chi connectivity index (χ4v) is 1.01. The number of carboxylic acids is 1. The first-order valence-electron chi connectivity index (χ1n) is 4.13. The van der Waals surface area contributed by atoms with E-state index >= 15 is 0 Å². The molecule has 2 heteroatoms. The molecule has 1 radical (unpaired) electrons. The first-order valence-corrected chi connectivity index (χ1v) is 4.13. The van der Waals surface area contributed by atoms with Crippen LogP contribution in [0.2, 0.25) is 0 Å². The van der Waals surface area contributed by atoms with Crippen LogP contribution in [0.15, 0.2) is 24.3 Å². The molecule has 0 fully saturated rings. The lowest BCUT2D eigenvalue weighted by Crippen LogP contribution is -1.86. The van der Waals surface area contributed by atoms with Crippen molar-refractivity contribution in [3.63, 3.8) is 0 Å². The molecule has 1 N–H and O–H groups in total. The zero-order valence-electron chi connectivity index (χ0n) is 7.45. The quantitative estimate of drug-likeness (QED) is 0.714. The number of aliphatic carboxylic acids is 1. The van der Waals surface area contributed by atoms with E-state index in [1.54, 1.807) is 12.1 Å². The van der Waals surface area contributed by atoms with Crippen molar-refractivity contribution in [2.24, 2.45) is 0 Å². The minimum atomic E-state index is -0.929. The van der Waals surface area contributed by atoms with Gasteiger partial charge in [0.2, 0.25) is 0 Å². The summed E-state index contributed by atoms with van der Waals surface area (Å²) in [5.41, 5.74) is 2.04. The van der Waals surface area contributed by atoms with E-state index in [1.807, 2.05) is 19.1 Å². The van der Waals surface area contributed by atoms with Gasteiger partial charge in [0, 0.05) is 6.08 Å². The molecule has 0 aliphatic rings. The Balaban J connectivity index is 2.83. The van der Waals surface area contributed by atoms with E-state index in [9.17, 15) is 4.79 Å². The van der Waals surface area contributed by atoms with Crippen molar-refractivity contribution < 1.29 is 9.90 Å². The molecule has 0 aliphatic carbocycles. The maximum atomic E-state index is 10.2. The molecule has 0 heterocycles. The molecule has 0 aromatic heterocycles. The van der Waals surface area contributed by atoms with Crippen LogP contribution >= 0.6 is 0 Å². The van der Waals surface area contributed by atoms with Crippen molar-refractivity contribution in [3.8, 4) is 0 Å². The molecule has 0 amide bonds. The molecule has 0 atom stereocenters. The lowest BCUT2D eigenvalue weighted by atomic mass is 10.1. The Kier molecular flexibility index (Phi) is 3.26. The fraction of sp³-hybridized carbons (Fsp3) is 0.182. The standard InChI is InChI=1S/C11H11O2/c1-2-9-4-3-5-10(8-9)6-7-11(12)13/h4-8H,2H2,1H3,(H,12,13)/b7-6+. The number of benzene rings is 1. The predicted molar refractivity (Wildman–Crippen MR) is 51.3 cm³/mol. The molecule has 1 rings (SSSR count). The average molecular weight is 175 g/mol. The molecule has 0 bridgehead atoms. The molecule has 0 saturated carbocycles. The van der Waals surface area contributed by atoms with E-state index in [4.69, 9.17) is 5.11 Å². The number of hydrogen-bond acceptors (Lipinski definition) is 1. The van der Waals surface area contributed by atoms with Crippen LogP contribution in [0.4, 0.5) is 0 Å². The first-order chi connectivity index (χ1) is 6.22. The Bertz CT molecular complexity index is 327. The minimum Gasteiger partial charge on any atom is -0.478 e.